The maximum Gasteiger partial charge on any atom is 0.227 e. The monoisotopic (exact) mass is 340 g/mol. The van der Waals surface area contributed by atoms with E-state index in [-0.39, 0.29) is 30.2 Å². The Morgan fingerprint density at radius 1 is 1.15 bits per heavy atom. The summed E-state index contributed by atoms with van der Waals surface area (Å²) in [5.41, 5.74) is -0.330. The van der Waals surface area contributed by atoms with Crippen molar-refractivity contribution < 1.29 is 19.0 Å². The third-order valence-electron chi connectivity index (χ3n) is 2.43. The van der Waals surface area contributed by atoms with E-state index in [0.717, 1.165) is 10.2 Å². The number of benzene rings is 1. The lowest BCUT2D eigenvalue weighted by molar-refractivity contribution is 0.207. The molecule has 0 saturated carbocycles. The summed E-state index contributed by atoms with van der Waals surface area (Å²) in [4.78, 5) is 11.6. The summed E-state index contributed by atoms with van der Waals surface area (Å²) in [6, 6.07) is 8.60. The van der Waals surface area contributed by atoms with E-state index in [0.29, 0.717) is 6.61 Å². The summed E-state index contributed by atoms with van der Waals surface area (Å²) in [6.45, 7) is 0.213. The summed E-state index contributed by atoms with van der Waals surface area (Å²) >= 11 is 3.33. The summed E-state index contributed by atoms with van der Waals surface area (Å²) < 4.78 is 16.7. The van der Waals surface area contributed by atoms with Crippen LogP contribution in [0, 0.1) is 0 Å². The summed E-state index contributed by atoms with van der Waals surface area (Å²) in [7, 11) is 0. The van der Waals surface area contributed by atoms with E-state index in [1.165, 1.54) is 12.3 Å². The van der Waals surface area contributed by atoms with Gasteiger partial charge < -0.3 is 19.0 Å². The Kier molecular flexibility index (Phi) is 5.20. The van der Waals surface area contributed by atoms with Gasteiger partial charge in [-0.15, -0.1) is 0 Å². The van der Waals surface area contributed by atoms with Gasteiger partial charge in [0.05, 0.1) is 0 Å². The van der Waals surface area contributed by atoms with E-state index >= 15 is 0 Å². The molecule has 2 aromatic rings. The number of halogens is 1. The van der Waals surface area contributed by atoms with Crippen LogP contribution in [-0.2, 0) is 6.61 Å². The van der Waals surface area contributed by atoms with E-state index < -0.39 is 0 Å². The van der Waals surface area contributed by atoms with Crippen molar-refractivity contribution >= 4 is 15.9 Å². The van der Waals surface area contributed by atoms with Gasteiger partial charge in [-0.05, 0) is 24.3 Å². The van der Waals surface area contributed by atoms with Gasteiger partial charge in [0.2, 0.25) is 11.2 Å². The van der Waals surface area contributed by atoms with Gasteiger partial charge >= 0.3 is 0 Å². The van der Waals surface area contributed by atoms with Gasteiger partial charge in [0.25, 0.3) is 0 Å². The zero-order valence-corrected chi connectivity index (χ0v) is 12.1. The molecule has 20 heavy (non-hydrogen) atoms. The fourth-order valence-corrected chi connectivity index (χ4v) is 1.73. The molecule has 0 unspecified atom stereocenters. The Hall–Kier alpha value is -1.79. The predicted molar refractivity (Wildman–Crippen MR) is 76.0 cm³/mol. The third-order valence-corrected chi connectivity index (χ3v) is 2.96. The highest BCUT2D eigenvalue weighted by molar-refractivity contribution is 9.10. The van der Waals surface area contributed by atoms with E-state index in [1.54, 1.807) is 0 Å². The van der Waals surface area contributed by atoms with Gasteiger partial charge in [-0.25, -0.2) is 0 Å². The van der Waals surface area contributed by atoms with Gasteiger partial charge in [-0.3, -0.25) is 4.79 Å². The van der Waals surface area contributed by atoms with Crippen LogP contribution in [0.5, 0.6) is 11.5 Å². The van der Waals surface area contributed by atoms with Gasteiger partial charge in [0.1, 0.15) is 37.6 Å². The average molecular weight is 341 g/mol. The Labute approximate surface area is 123 Å². The molecular formula is C14H13BrO5. The minimum absolute atomic E-state index is 0.0987. The number of aliphatic hydroxyl groups is 1. The normalized spacial score (nSPS) is 10.3. The summed E-state index contributed by atoms with van der Waals surface area (Å²) in [5.74, 6) is 1.02. The van der Waals surface area contributed by atoms with Crippen molar-refractivity contribution in [3.8, 4) is 11.5 Å². The molecule has 0 saturated heterocycles. The van der Waals surface area contributed by atoms with Crippen molar-refractivity contribution in [2.75, 3.05) is 13.2 Å². The molecule has 1 N–H and O–H groups in total. The van der Waals surface area contributed by atoms with Crippen molar-refractivity contribution in [1.82, 2.24) is 0 Å². The molecule has 1 aromatic heterocycles. The summed E-state index contributed by atoms with van der Waals surface area (Å²) in [6.07, 6.45) is 1.19. The lowest BCUT2D eigenvalue weighted by Crippen LogP contribution is -2.14. The minimum atomic E-state index is -0.330. The Morgan fingerprint density at radius 2 is 1.85 bits per heavy atom. The highest BCUT2D eigenvalue weighted by Crippen LogP contribution is 2.16. The molecule has 0 aliphatic carbocycles. The van der Waals surface area contributed by atoms with Gasteiger partial charge in [-0.2, -0.15) is 0 Å². The van der Waals surface area contributed by atoms with E-state index in [2.05, 4.69) is 15.9 Å². The zero-order valence-electron chi connectivity index (χ0n) is 10.5. The molecule has 2 rings (SSSR count). The van der Waals surface area contributed by atoms with Crippen LogP contribution in [-0.4, -0.2) is 18.3 Å². The van der Waals surface area contributed by atoms with Crippen LogP contribution in [0.25, 0.3) is 0 Å². The second kappa shape index (κ2) is 7.12. The van der Waals surface area contributed by atoms with Crippen LogP contribution >= 0.6 is 15.9 Å². The Balaban J connectivity index is 1.81. The number of aliphatic hydroxyl groups excluding tert-OH is 1. The molecule has 0 amide bonds. The predicted octanol–water partition coefficient (Wildman–Crippen LogP) is 2.35. The van der Waals surface area contributed by atoms with Crippen LogP contribution < -0.4 is 14.9 Å². The first-order valence-electron chi connectivity index (χ1n) is 5.93. The molecule has 0 aliphatic rings. The maximum absolute atomic E-state index is 11.6. The smallest absolute Gasteiger partial charge is 0.227 e. The molecule has 0 radical (unpaired) electrons. The fraction of sp³-hybridized carbons (Fsp3) is 0.214. The second-order valence-electron chi connectivity index (χ2n) is 3.88. The van der Waals surface area contributed by atoms with Crippen molar-refractivity contribution in [3.63, 3.8) is 0 Å². The lowest BCUT2D eigenvalue weighted by atomic mass is 10.3. The third kappa shape index (κ3) is 4.11. The molecule has 5 nitrogen and oxygen atoms in total. The average Bonchev–Trinajstić information content (AvgIpc) is 2.46. The highest BCUT2D eigenvalue weighted by atomic mass is 79.9. The number of hydrogen-bond acceptors (Lipinski definition) is 5. The van der Waals surface area contributed by atoms with Crippen LogP contribution in [0.15, 0.2) is 50.3 Å². The van der Waals surface area contributed by atoms with Gasteiger partial charge in [0, 0.05) is 10.5 Å². The van der Waals surface area contributed by atoms with E-state index in [4.69, 9.17) is 19.0 Å². The Bertz CT molecular complexity index is 606. The topological polar surface area (TPSA) is 68.9 Å². The van der Waals surface area contributed by atoms with E-state index in [9.17, 15) is 4.79 Å². The first-order valence-corrected chi connectivity index (χ1v) is 6.72. The minimum Gasteiger partial charge on any atom is -0.490 e. The van der Waals surface area contributed by atoms with Gasteiger partial charge in [0.15, 0.2) is 0 Å². The van der Waals surface area contributed by atoms with Crippen LogP contribution in [0.4, 0.5) is 0 Å². The SMILES string of the molecule is O=c1cc(CO)occ1OCCOc1ccc(Br)cc1. The van der Waals surface area contributed by atoms with E-state index in [1.807, 2.05) is 24.3 Å². The van der Waals surface area contributed by atoms with Crippen molar-refractivity contribution in [2.24, 2.45) is 0 Å². The van der Waals surface area contributed by atoms with Crippen molar-refractivity contribution in [1.29, 1.82) is 0 Å². The Morgan fingerprint density at radius 3 is 2.50 bits per heavy atom. The maximum atomic E-state index is 11.6. The molecule has 0 fully saturated rings. The molecule has 0 atom stereocenters. The molecule has 0 aliphatic heterocycles. The lowest BCUT2D eigenvalue weighted by Gasteiger charge is -2.07. The van der Waals surface area contributed by atoms with Crippen molar-refractivity contribution in [3.05, 3.63) is 57.1 Å². The molecule has 0 spiro atoms. The quantitative estimate of drug-likeness (QED) is 0.817. The van der Waals surface area contributed by atoms with Crippen molar-refractivity contribution in [2.45, 2.75) is 6.61 Å². The second-order valence-corrected chi connectivity index (χ2v) is 4.80. The molecular weight excluding hydrogens is 328 g/mol. The molecule has 106 valence electrons. The van der Waals surface area contributed by atoms with Crippen LogP contribution in [0.3, 0.4) is 0 Å². The van der Waals surface area contributed by atoms with Crippen LogP contribution in [0.2, 0.25) is 0 Å². The fourth-order valence-electron chi connectivity index (χ4n) is 1.47. The first kappa shape index (κ1) is 14.6. The first-order chi connectivity index (χ1) is 9.69. The molecule has 1 aromatic carbocycles. The number of rotatable bonds is 6. The molecule has 6 heteroatoms. The molecule has 0 bridgehead atoms. The molecule has 1 heterocycles. The van der Waals surface area contributed by atoms with Gasteiger partial charge in [-0.1, -0.05) is 15.9 Å². The van der Waals surface area contributed by atoms with Crippen LogP contribution in [0.1, 0.15) is 5.76 Å². The number of hydrogen-bond donors (Lipinski definition) is 1. The largest absolute Gasteiger partial charge is 0.490 e. The number of ether oxygens (including phenoxy) is 2. The summed E-state index contributed by atoms with van der Waals surface area (Å²) in [5, 5.41) is 8.82. The highest BCUT2D eigenvalue weighted by Gasteiger charge is 2.04. The standard InChI is InChI=1S/C14H13BrO5/c15-10-1-3-11(4-2-10)18-5-6-19-14-9-20-12(8-16)7-13(14)17/h1-4,7,9,16H,5-6,8H2. The zero-order chi connectivity index (χ0) is 14.4.